The van der Waals surface area contributed by atoms with E-state index in [9.17, 15) is 24.9 Å². The van der Waals surface area contributed by atoms with Gasteiger partial charge in [0, 0.05) is 24.3 Å². The summed E-state index contributed by atoms with van der Waals surface area (Å²) in [5.74, 6) is -0.540. The van der Waals surface area contributed by atoms with Crippen molar-refractivity contribution < 1.29 is 34.4 Å². The van der Waals surface area contributed by atoms with Gasteiger partial charge in [-0.05, 0) is 124 Å². The van der Waals surface area contributed by atoms with Crippen LogP contribution in [0.1, 0.15) is 136 Å². The fourth-order valence-electron chi connectivity index (χ4n) is 13.3. The number of carbonyl (C=O) groups is 2. The number of esters is 2. The minimum atomic E-state index is -1.56. The number of fused-ring (bicyclic) bond motifs is 1. The third kappa shape index (κ3) is 6.13. The average Bonchev–Trinajstić information content (AvgIpc) is 3.87. The van der Waals surface area contributed by atoms with Crippen LogP contribution in [0.15, 0.2) is 54.1 Å². The number of aliphatic hydroxyl groups is 3. The van der Waals surface area contributed by atoms with Crippen molar-refractivity contribution in [3.8, 4) is 0 Å². The van der Waals surface area contributed by atoms with Crippen LogP contribution in [0.2, 0.25) is 0 Å². The Hall–Kier alpha value is -2.48. The second-order valence-electron chi connectivity index (χ2n) is 18.9. The molecular formula is C45H64O7. The molecule has 1 aliphatic heterocycles. The minimum absolute atomic E-state index is 0.198. The highest BCUT2D eigenvalue weighted by atomic mass is 16.5. The first-order valence-corrected chi connectivity index (χ1v) is 20.6. The molecule has 0 saturated heterocycles. The highest BCUT2D eigenvalue weighted by molar-refractivity contribution is 5.85. The summed E-state index contributed by atoms with van der Waals surface area (Å²) in [5.41, 5.74) is -3.30. The highest BCUT2D eigenvalue weighted by Crippen LogP contribution is 2.76. The Morgan fingerprint density at radius 3 is 2.40 bits per heavy atom. The van der Waals surface area contributed by atoms with Gasteiger partial charge in [-0.25, -0.2) is 4.79 Å². The lowest BCUT2D eigenvalue weighted by atomic mass is 9.31. The van der Waals surface area contributed by atoms with Crippen LogP contribution in [0.5, 0.6) is 0 Å². The molecule has 1 heterocycles. The number of benzene rings is 1. The normalized spacial score (nSPS) is 41.1. The number of aryl methyl sites for hydroxylation is 1. The molecule has 4 saturated carbocycles. The zero-order valence-corrected chi connectivity index (χ0v) is 32.2. The molecule has 7 heteroatoms. The van der Waals surface area contributed by atoms with Crippen LogP contribution < -0.4 is 0 Å². The van der Waals surface area contributed by atoms with Gasteiger partial charge in [-0.1, -0.05) is 82.5 Å². The quantitative estimate of drug-likeness (QED) is 0.148. The SMILES string of the molecule is CC(=O)O[C@@H]1C[C@]2(C)C=C[C@@](O)(CC[C@H](C)CCCc3ccccc3)[C@@]3([C@H](O)CC[C@@](C)([C@H]4CCC5(CCCC5)C4)[C@H]13)[C@@]2(O)CCC1=CC(=O)OC1. The first-order chi connectivity index (χ1) is 24.7. The number of hydrogen-bond donors (Lipinski definition) is 3. The molecule has 286 valence electrons. The fourth-order valence-corrected chi connectivity index (χ4v) is 13.3. The van der Waals surface area contributed by atoms with Crippen molar-refractivity contribution in [2.75, 3.05) is 6.61 Å². The lowest BCUT2D eigenvalue weighted by molar-refractivity contribution is -0.361. The maximum atomic E-state index is 13.8. The summed E-state index contributed by atoms with van der Waals surface area (Å²) in [6.45, 7) is 8.29. The number of carbonyl (C=O) groups excluding carboxylic acids is 2. The van der Waals surface area contributed by atoms with Crippen molar-refractivity contribution in [2.45, 2.75) is 160 Å². The summed E-state index contributed by atoms with van der Waals surface area (Å²) in [6, 6.07) is 10.5. The van der Waals surface area contributed by atoms with E-state index in [0.717, 1.165) is 50.5 Å². The van der Waals surface area contributed by atoms with Gasteiger partial charge in [-0.3, -0.25) is 4.79 Å². The third-order valence-electron chi connectivity index (χ3n) is 15.9. The van der Waals surface area contributed by atoms with E-state index >= 15 is 0 Å². The average molecular weight is 717 g/mol. The van der Waals surface area contributed by atoms with E-state index in [1.54, 1.807) is 0 Å². The van der Waals surface area contributed by atoms with Gasteiger partial charge in [0.1, 0.15) is 12.7 Å². The molecule has 10 atom stereocenters. The number of rotatable bonds is 12. The van der Waals surface area contributed by atoms with Gasteiger partial charge in [0.15, 0.2) is 0 Å². The van der Waals surface area contributed by atoms with E-state index in [1.807, 2.05) is 25.1 Å². The van der Waals surface area contributed by atoms with E-state index in [1.165, 1.54) is 50.7 Å². The van der Waals surface area contributed by atoms with Crippen LogP contribution in [-0.2, 0) is 25.5 Å². The largest absolute Gasteiger partial charge is 0.462 e. The molecule has 2 bridgehead atoms. The first kappa shape index (κ1) is 37.8. The zero-order valence-electron chi connectivity index (χ0n) is 32.2. The van der Waals surface area contributed by atoms with E-state index in [-0.39, 0.29) is 30.4 Å². The van der Waals surface area contributed by atoms with Crippen molar-refractivity contribution in [2.24, 2.45) is 39.4 Å². The van der Waals surface area contributed by atoms with Gasteiger partial charge >= 0.3 is 11.9 Å². The number of aliphatic hydroxyl groups excluding tert-OH is 1. The van der Waals surface area contributed by atoms with Gasteiger partial charge < -0.3 is 24.8 Å². The van der Waals surface area contributed by atoms with Crippen molar-refractivity contribution >= 4 is 11.9 Å². The maximum Gasteiger partial charge on any atom is 0.331 e. The number of hydrogen-bond acceptors (Lipinski definition) is 7. The molecule has 1 aromatic carbocycles. The van der Waals surface area contributed by atoms with Crippen molar-refractivity contribution in [3.63, 3.8) is 0 Å². The molecule has 5 aliphatic carbocycles. The Morgan fingerprint density at radius 2 is 1.71 bits per heavy atom. The van der Waals surface area contributed by atoms with E-state index in [0.29, 0.717) is 42.9 Å². The molecule has 1 aromatic rings. The smallest absolute Gasteiger partial charge is 0.331 e. The van der Waals surface area contributed by atoms with Crippen LogP contribution in [-0.4, -0.2) is 57.3 Å². The second kappa shape index (κ2) is 14.0. The van der Waals surface area contributed by atoms with E-state index in [2.05, 4.69) is 38.1 Å². The molecule has 6 aliphatic rings. The zero-order chi connectivity index (χ0) is 37.0. The summed E-state index contributed by atoms with van der Waals surface area (Å²) in [4.78, 5) is 25.1. The van der Waals surface area contributed by atoms with Crippen LogP contribution >= 0.6 is 0 Å². The topological polar surface area (TPSA) is 113 Å². The summed E-state index contributed by atoms with van der Waals surface area (Å²) >= 11 is 0. The van der Waals surface area contributed by atoms with Crippen LogP contribution in [0, 0.1) is 39.4 Å². The minimum Gasteiger partial charge on any atom is -0.462 e. The lowest BCUT2D eigenvalue weighted by Crippen LogP contribution is -2.83. The summed E-state index contributed by atoms with van der Waals surface area (Å²) in [5, 5.41) is 40.2. The van der Waals surface area contributed by atoms with Crippen molar-refractivity contribution in [3.05, 3.63) is 59.7 Å². The lowest BCUT2D eigenvalue weighted by Gasteiger charge is -2.76. The van der Waals surface area contributed by atoms with Gasteiger partial charge in [0.25, 0.3) is 0 Å². The first-order valence-electron chi connectivity index (χ1n) is 20.6. The molecule has 52 heavy (non-hydrogen) atoms. The second-order valence-corrected chi connectivity index (χ2v) is 18.9. The molecule has 0 aromatic heterocycles. The van der Waals surface area contributed by atoms with Crippen molar-refractivity contribution in [1.29, 1.82) is 0 Å². The van der Waals surface area contributed by atoms with E-state index in [4.69, 9.17) is 9.47 Å². The number of ether oxygens (including phenoxy) is 2. The van der Waals surface area contributed by atoms with Crippen molar-refractivity contribution in [1.82, 2.24) is 0 Å². The third-order valence-corrected chi connectivity index (χ3v) is 15.9. The predicted molar refractivity (Wildman–Crippen MR) is 201 cm³/mol. The summed E-state index contributed by atoms with van der Waals surface area (Å²) in [6.07, 6.45) is 18.8. The van der Waals surface area contributed by atoms with Gasteiger partial charge in [-0.2, -0.15) is 0 Å². The van der Waals surface area contributed by atoms with Gasteiger partial charge in [-0.15, -0.1) is 0 Å². The Labute approximate surface area is 311 Å². The Kier molecular flexibility index (Phi) is 10.2. The molecule has 0 radical (unpaired) electrons. The molecule has 2 spiro atoms. The maximum absolute atomic E-state index is 13.8. The molecule has 3 N–H and O–H groups in total. The number of cyclic esters (lactones) is 1. The van der Waals surface area contributed by atoms with Crippen LogP contribution in [0.25, 0.3) is 0 Å². The molecular weight excluding hydrogens is 652 g/mol. The van der Waals surface area contributed by atoms with Gasteiger partial charge in [0.05, 0.1) is 22.7 Å². The Balaban J connectivity index is 1.30. The molecule has 0 amide bonds. The molecule has 7 nitrogen and oxygen atoms in total. The van der Waals surface area contributed by atoms with Crippen LogP contribution in [0.3, 0.4) is 0 Å². The van der Waals surface area contributed by atoms with E-state index < -0.39 is 40.2 Å². The fraction of sp³-hybridized carbons (Fsp3) is 0.733. The monoisotopic (exact) mass is 716 g/mol. The summed E-state index contributed by atoms with van der Waals surface area (Å²) in [7, 11) is 0. The highest BCUT2D eigenvalue weighted by Gasteiger charge is 2.81. The predicted octanol–water partition coefficient (Wildman–Crippen LogP) is 8.19. The molecule has 4 fully saturated rings. The summed E-state index contributed by atoms with van der Waals surface area (Å²) < 4.78 is 11.7. The Morgan fingerprint density at radius 1 is 0.962 bits per heavy atom. The molecule has 0 unspecified atom stereocenters. The molecule has 7 rings (SSSR count). The Bertz CT molecular complexity index is 1550. The standard InChI is InChI=1S/C45H64O7/c1-31(11-10-14-33-12-6-5-7-13-33)15-23-43(49)26-25-40(3)29-36(52-32(2)46)39-41(4,35-17-22-42(28-35)19-8-9-20-42)21-18-37(47)45(39,43)44(40,50)24-16-34-27-38(48)51-30-34/h5-7,12-13,25-27,31,35-37,39,47,49-50H,8-11,14-24,28-30H2,1-4H3/t31-,35+,36-,37-,39+,40+,41+,43+,44-,45+/m1/s1. The van der Waals surface area contributed by atoms with Crippen LogP contribution in [0.4, 0.5) is 0 Å². The van der Waals surface area contributed by atoms with Gasteiger partial charge in [0.2, 0.25) is 0 Å².